The van der Waals surface area contributed by atoms with E-state index in [1.807, 2.05) is 12.1 Å². The molecule has 7 nitrogen and oxygen atoms in total. The SMILES string of the molecule is COCCCNC(=O)c1cccc(N2CCCN(C3CCN(C(C)C)CC3)CC2)n1. The second-order valence-electron chi connectivity index (χ2n) is 8.72. The van der Waals surface area contributed by atoms with E-state index >= 15 is 0 Å². The van der Waals surface area contributed by atoms with E-state index < -0.39 is 0 Å². The number of likely N-dealkylation sites (tertiary alicyclic amines) is 1. The highest BCUT2D eigenvalue weighted by Gasteiger charge is 2.27. The number of methoxy groups -OCH3 is 1. The van der Waals surface area contributed by atoms with Crippen molar-refractivity contribution in [2.45, 2.75) is 51.6 Å². The predicted octanol–water partition coefficient (Wildman–Crippen LogP) is 2.23. The van der Waals surface area contributed by atoms with Crippen molar-refractivity contribution in [3.8, 4) is 0 Å². The number of amides is 1. The molecule has 0 saturated carbocycles. The predicted molar refractivity (Wildman–Crippen MR) is 121 cm³/mol. The van der Waals surface area contributed by atoms with Gasteiger partial charge in [0.2, 0.25) is 0 Å². The Morgan fingerprint density at radius 1 is 1.17 bits per heavy atom. The van der Waals surface area contributed by atoms with E-state index in [1.165, 1.54) is 25.9 Å². The summed E-state index contributed by atoms with van der Waals surface area (Å²) in [5.41, 5.74) is 0.493. The lowest BCUT2D eigenvalue weighted by molar-refractivity contribution is 0.0943. The van der Waals surface area contributed by atoms with E-state index in [1.54, 1.807) is 13.2 Å². The summed E-state index contributed by atoms with van der Waals surface area (Å²) in [5, 5.41) is 2.93. The molecular weight excluding hydrogens is 378 g/mol. The lowest BCUT2D eigenvalue weighted by Gasteiger charge is -2.39. The van der Waals surface area contributed by atoms with Gasteiger partial charge in [0.05, 0.1) is 0 Å². The minimum atomic E-state index is -0.110. The highest BCUT2D eigenvalue weighted by molar-refractivity contribution is 5.92. The number of nitrogens with zero attached hydrogens (tertiary/aromatic N) is 4. The molecule has 2 aliphatic heterocycles. The molecule has 1 aromatic heterocycles. The highest BCUT2D eigenvalue weighted by atomic mass is 16.5. The summed E-state index contributed by atoms with van der Waals surface area (Å²) in [4.78, 5) is 24.7. The van der Waals surface area contributed by atoms with Gasteiger partial charge in [0.15, 0.2) is 0 Å². The first-order valence-corrected chi connectivity index (χ1v) is 11.6. The highest BCUT2D eigenvalue weighted by Crippen LogP contribution is 2.21. The number of anilines is 1. The number of carbonyl (C=O) groups is 1. The topological polar surface area (TPSA) is 60.9 Å². The number of pyridine rings is 1. The van der Waals surface area contributed by atoms with Crippen LogP contribution in [0, 0.1) is 0 Å². The molecule has 3 rings (SSSR count). The van der Waals surface area contributed by atoms with Crippen LogP contribution >= 0.6 is 0 Å². The van der Waals surface area contributed by atoms with Crippen molar-refractivity contribution in [2.24, 2.45) is 0 Å². The summed E-state index contributed by atoms with van der Waals surface area (Å²) in [6, 6.07) is 7.12. The molecule has 2 fully saturated rings. The van der Waals surface area contributed by atoms with Crippen LogP contribution in [0.3, 0.4) is 0 Å². The van der Waals surface area contributed by atoms with Crippen LogP contribution in [0.4, 0.5) is 5.82 Å². The van der Waals surface area contributed by atoms with Gasteiger partial charge in [0.1, 0.15) is 11.5 Å². The van der Waals surface area contributed by atoms with Crippen molar-refractivity contribution < 1.29 is 9.53 Å². The van der Waals surface area contributed by atoms with E-state index in [0.717, 1.165) is 44.8 Å². The maximum absolute atomic E-state index is 12.4. The first-order valence-electron chi connectivity index (χ1n) is 11.6. The number of hydrogen-bond donors (Lipinski definition) is 1. The Bertz CT molecular complexity index is 661. The molecule has 3 heterocycles. The summed E-state index contributed by atoms with van der Waals surface area (Å²) >= 11 is 0. The van der Waals surface area contributed by atoms with Crippen LogP contribution in [0.25, 0.3) is 0 Å². The Labute approximate surface area is 181 Å². The first-order chi connectivity index (χ1) is 14.6. The van der Waals surface area contributed by atoms with Gasteiger partial charge in [-0.15, -0.1) is 0 Å². The molecule has 1 amide bonds. The van der Waals surface area contributed by atoms with Crippen LogP contribution in [0.2, 0.25) is 0 Å². The van der Waals surface area contributed by atoms with Gasteiger partial charge in [-0.25, -0.2) is 4.98 Å². The number of nitrogens with one attached hydrogen (secondary N) is 1. The average Bonchev–Trinajstić information content (AvgIpc) is 3.03. The van der Waals surface area contributed by atoms with Crippen molar-refractivity contribution in [3.63, 3.8) is 0 Å². The molecule has 1 aromatic rings. The van der Waals surface area contributed by atoms with E-state index in [4.69, 9.17) is 4.74 Å². The Morgan fingerprint density at radius 2 is 1.97 bits per heavy atom. The largest absolute Gasteiger partial charge is 0.385 e. The van der Waals surface area contributed by atoms with Gasteiger partial charge in [-0.05, 0) is 64.8 Å². The summed E-state index contributed by atoms with van der Waals surface area (Å²) in [7, 11) is 1.67. The van der Waals surface area contributed by atoms with E-state index in [0.29, 0.717) is 30.9 Å². The van der Waals surface area contributed by atoms with Gasteiger partial charge >= 0.3 is 0 Å². The monoisotopic (exact) mass is 417 g/mol. The Hall–Kier alpha value is -1.70. The third-order valence-electron chi connectivity index (χ3n) is 6.38. The summed E-state index contributed by atoms with van der Waals surface area (Å²) < 4.78 is 5.03. The Balaban J connectivity index is 1.52. The van der Waals surface area contributed by atoms with Crippen LogP contribution in [0.1, 0.15) is 50.0 Å². The zero-order valence-electron chi connectivity index (χ0n) is 19.0. The van der Waals surface area contributed by atoms with Gasteiger partial charge in [-0.1, -0.05) is 6.07 Å². The molecule has 0 unspecified atom stereocenters. The summed E-state index contributed by atoms with van der Waals surface area (Å²) in [5.74, 6) is 0.803. The van der Waals surface area contributed by atoms with Crippen LogP contribution in [0.5, 0.6) is 0 Å². The molecule has 0 aliphatic carbocycles. The number of rotatable bonds is 8. The van der Waals surface area contributed by atoms with Gasteiger partial charge in [0, 0.05) is 58.5 Å². The van der Waals surface area contributed by atoms with Gasteiger partial charge in [-0.2, -0.15) is 0 Å². The molecule has 0 atom stereocenters. The van der Waals surface area contributed by atoms with Crippen molar-refractivity contribution in [2.75, 3.05) is 64.4 Å². The molecule has 0 radical (unpaired) electrons. The van der Waals surface area contributed by atoms with Crippen LogP contribution in [0.15, 0.2) is 18.2 Å². The molecule has 1 N–H and O–H groups in total. The van der Waals surface area contributed by atoms with Gasteiger partial charge in [-0.3, -0.25) is 9.69 Å². The fourth-order valence-corrected chi connectivity index (χ4v) is 4.53. The normalized spacial score (nSPS) is 19.8. The fraction of sp³-hybridized carbons (Fsp3) is 0.739. The smallest absolute Gasteiger partial charge is 0.269 e. The van der Waals surface area contributed by atoms with Crippen molar-refractivity contribution >= 4 is 11.7 Å². The van der Waals surface area contributed by atoms with E-state index in [-0.39, 0.29) is 5.91 Å². The maximum atomic E-state index is 12.4. The quantitative estimate of drug-likeness (QED) is 0.655. The number of carbonyl (C=O) groups excluding carboxylic acids is 1. The second kappa shape index (κ2) is 11.6. The number of ether oxygens (including phenoxy) is 1. The lowest BCUT2D eigenvalue weighted by atomic mass is 10.0. The van der Waals surface area contributed by atoms with Crippen molar-refractivity contribution in [3.05, 3.63) is 23.9 Å². The zero-order chi connectivity index (χ0) is 21.3. The molecular formula is C23H39N5O2. The Morgan fingerprint density at radius 3 is 2.70 bits per heavy atom. The molecule has 7 heteroatoms. The molecule has 2 saturated heterocycles. The van der Waals surface area contributed by atoms with Crippen LogP contribution in [-0.2, 0) is 4.74 Å². The standard InChI is InChI=1S/C23H39N5O2/c1-19(2)26-14-9-20(10-15-26)27-12-6-13-28(17-16-27)22-8-4-7-21(25-22)23(29)24-11-5-18-30-3/h4,7-8,19-20H,5-6,9-18H2,1-3H3,(H,24,29). The van der Waals surface area contributed by atoms with Crippen LogP contribution in [-0.4, -0.2) is 92.3 Å². The molecule has 0 aromatic carbocycles. The minimum absolute atomic E-state index is 0.110. The van der Waals surface area contributed by atoms with Gasteiger partial charge in [0.25, 0.3) is 5.91 Å². The van der Waals surface area contributed by atoms with E-state index in [9.17, 15) is 4.79 Å². The fourth-order valence-electron chi connectivity index (χ4n) is 4.53. The summed E-state index contributed by atoms with van der Waals surface area (Å²) in [6.45, 7) is 12.5. The molecule has 168 valence electrons. The molecule has 30 heavy (non-hydrogen) atoms. The second-order valence-corrected chi connectivity index (χ2v) is 8.72. The molecule has 2 aliphatic rings. The minimum Gasteiger partial charge on any atom is -0.385 e. The third kappa shape index (κ3) is 6.40. The van der Waals surface area contributed by atoms with Crippen molar-refractivity contribution in [1.29, 1.82) is 0 Å². The molecule has 0 bridgehead atoms. The Kier molecular flexibility index (Phi) is 8.90. The number of aromatic nitrogens is 1. The van der Waals surface area contributed by atoms with Crippen molar-refractivity contribution in [1.82, 2.24) is 20.1 Å². The third-order valence-corrected chi connectivity index (χ3v) is 6.38. The average molecular weight is 418 g/mol. The maximum Gasteiger partial charge on any atom is 0.269 e. The number of piperidine rings is 1. The summed E-state index contributed by atoms with van der Waals surface area (Å²) in [6.07, 6.45) is 4.49. The number of hydrogen-bond acceptors (Lipinski definition) is 6. The lowest BCUT2D eigenvalue weighted by Crippen LogP contribution is -2.47. The van der Waals surface area contributed by atoms with E-state index in [2.05, 4.69) is 38.8 Å². The molecule has 0 spiro atoms. The zero-order valence-corrected chi connectivity index (χ0v) is 19.0. The van der Waals surface area contributed by atoms with Crippen LogP contribution < -0.4 is 10.2 Å². The first kappa shape index (κ1) is 23.0. The van der Waals surface area contributed by atoms with Gasteiger partial charge < -0.3 is 19.9 Å².